The fraction of sp³-hybridized carbons (Fsp3) is 0.615. The highest BCUT2D eigenvalue weighted by molar-refractivity contribution is 5.57. The second kappa shape index (κ2) is 7.47. The Morgan fingerprint density at radius 3 is 2.58 bits per heavy atom. The molecule has 178 valence electrons. The quantitative estimate of drug-likeness (QED) is 0.548. The summed E-state index contributed by atoms with van der Waals surface area (Å²) in [5.74, 6) is -0.231. The van der Waals surface area contributed by atoms with Crippen molar-refractivity contribution in [3.63, 3.8) is 0 Å². The van der Waals surface area contributed by atoms with Crippen molar-refractivity contribution in [3.8, 4) is 11.3 Å². The number of rotatable bonds is 2. The summed E-state index contributed by atoms with van der Waals surface area (Å²) >= 11 is 0. The molecule has 0 aliphatic heterocycles. The standard InChI is InChI=1S/C26H33NO6/c1-24-7-6-18(29)26(3,13-28)17(24)10-19(30)25(2)11-15-9-16(14-5-4-8-27-12-14)33-23(32)20(15)21(31)22(24)25/h4-5,8-9,12,17-19,21-22,28-31H,6-7,10-11,13H2,1-3H3/t17-,18+,19+,21+,22-,24+,25-,26+/m1/s1. The topological polar surface area (TPSA) is 124 Å². The van der Waals surface area contributed by atoms with Gasteiger partial charge in [-0.05, 0) is 60.8 Å². The van der Waals surface area contributed by atoms with Gasteiger partial charge in [-0.3, -0.25) is 4.98 Å². The van der Waals surface area contributed by atoms with Gasteiger partial charge in [-0.25, -0.2) is 4.79 Å². The molecule has 4 N–H and O–H groups in total. The van der Waals surface area contributed by atoms with Crippen LogP contribution in [0.1, 0.15) is 57.3 Å². The number of hydrogen-bond acceptors (Lipinski definition) is 7. The molecule has 33 heavy (non-hydrogen) atoms. The van der Waals surface area contributed by atoms with Crippen LogP contribution in [0.2, 0.25) is 0 Å². The molecule has 7 heteroatoms. The molecule has 0 saturated heterocycles. The molecule has 0 aromatic carbocycles. The van der Waals surface area contributed by atoms with Gasteiger partial charge in [0.2, 0.25) is 0 Å². The van der Waals surface area contributed by atoms with E-state index in [1.165, 1.54) is 0 Å². The Balaban J connectivity index is 1.65. The van der Waals surface area contributed by atoms with Gasteiger partial charge in [-0.1, -0.05) is 20.8 Å². The number of hydrogen-bond donors (Lipinski definition) is 4. The van der Waals surface area contributed by atoms with Gasteiger partial charge in [-0.2, -0.15) is 0 Å². The zero-order valence-electron chi connectivity index (χ0n) is 19.4. The number of fused-ring (bicyclic) bond motifs is 4. The fourth-order valence-electron chi connectivity index (χ4n) is 7.70. The van der Waals surface area contributed by atoms with Gasteiger partial charge in [0.15, 0.2) is 0 Å². The Kier molecular flexibility index (Phi) is 5.14. The first-order valence-electron chi connectivity index (χ1n) is 11.8. The molecule has 2 aromatic heterocycles. The molecule has 0 bridgehead atoms. The molecule has 0 radical (unpaired) electrons. The van der Waals surface area contributed by atoms with Crippen molar-refractivity contribution in [2.75, 3.05) is 6.61 Å². The van der Waals surface area contributed by atoms with Crippen LogP contribution < -0.4 is 5.63 Å². The molecular formula is C26H33NO6. The number of aromatic nitrogens is 1. The van der Waals surface area contributed by atoms with E-state index in [1.807, 2.05) is 19.9 Å². The summed E-state index contributed by atoms with van der Waals surface area (Å²) in [5.41, 5.74) is -0.872. The van der Waals surface area contributed by atoms with Crippen LogP contribution in [0.3, 0.4) is 0 Å². The Morgan fingerprint density at radius 2 is 1.91 bits per heavy atom. The van der Waals surface area contributed by atoms with Crippen molar-refractivity contribution in [3.05, 3.63) is 52.1 Å². The summed E-state index contributed by atoms with van der Waals surface area (Å²) in [6, 6.07) is 5.37. The van der Waals surface area contributed by atoms with Crippen molar-refractivity contribution in [2.45, 2.75) is 64.8 Å². The van der Waals surface area contributed by atoms with Crippen molar-refractivity contribution < 1.29 is 24.8 Å². The van der Waals surface area contributed by atoms with E-state index in [0.717, 1.165) is 0 Å². The van der Waals surface area contributed by atoms with Crippen LogP contribution in [-0.4, -0.2) is 44.2 Å². The van der Waals surface area contributed by atoms with Crippen LogP contribution in [0.25, 0.3) is 11.3 Å². The van der Waals surface area contributed by atoms with Gasteiger partial charge in [0.1, 0.15) is 5.76 Å². The maximum absolute atomic E-state index is 13.1. The predicted molar refractivity (Wildman–Crippen MR) is 121 cm³/mol. The number of pyridine rings is 1. The maximum atomic E-state index is 13.1. The van der Waals surface area contributed by atoms with Crippen LogP contribution in [0.15, 0.2) is 39.8 Å². The van der Waals surface area contributed by atoms with E-state index in [2.05, 4.69) is 11.9 Å². The molecule has 2 fully saturated rings. The minimum atomic E-state index is -1.11. The summed E-state index contributed by atoms with van der Waals surface area (Å²) in [6.07, 6.45) is 2.73. The Morgan fingerprint density at radius 1 is 1.15 bits per heavy atom. The van der Waals surface area contributed by atoms with Crippen molar-refractivity contribution >= 4 is 0 Å². The zero-order chi connectivity index (χ0) is 23.8. The van der Waals surface area contributed by atoms with Crippen molar-refractivity contribution in [1.82, 2.24) is 4.98 Å². The molecule has 8 atom stereocenters. The van der Waals surface area contributed by atoms with Gasteiger partial charge < -0.3 is 24.8 Å². The third kappa shape index (κ3) is 3.02. The summed E-state index contributed by atoms with van der Waals surface area (Å²) in [7, 11) is 0. The lowest BCUT2D eigenvalue weighted by Gasteiger charge is -2.67. The van der Waals surface area contributed by atoms with E-state index in [0.29, 0.717) is 42.6 Å². The summed E-state index contributed by atoms with van der Waals surface area (Å²) < 4.78 is 5.62. The SMILES string of the molecule is C[C@]12CC[C@H](O)[C@@](C)(CO)[C@@H]1C[C@H](O)[C@@]1(C)Cc3cc(-c4cccnc4)oc(=O)c3[C@H](O)[C@H]21. The number of aliphatic hydroxyl groups is 4. The summed E-state index contributed by atoms with van der Waals surface area (Å²) in [4.78, 5) is 17.2. The molecule has 2 aromatic rings. The molecule has 0 unspecified atom stereocenters. The smallest absolute Gasteiger partial charge is 0.342 e. The lowest BCUT2D eigenvalue weighted by Crippen LogP contribution is -2.66. The van der Waals surface area contributed by atoms with Gasteiger partial charge in [0, 0.05) is 34.7 Å². The second-order valence-electron chi connectivity index (χ2n) is 11.2. The average Bonchev–Trinajstić information content (AvgIpc) is 2.78. The van der Waals surface area contributed by atoms with E-state index >= 15 is 0 Å². The molecule has 7 nitrogen and oxygen atoms in total. The fourth-order valence-corrected chi connectivity index (χ4v) is 7.70. The number of aliphatic hydroxyl groups excluding tert-OH is 4. The van der Waals surface area contributed by atoms with Gasteiger partial charge in [0.05, 0.1) is 30.5 Å². The molecule has 5 rings (SSSR count). The highest BCUT2D eigenvalue weighted by Crippen LogP contribution is 2.68. The second-order valence-corrected chi connectivity index (χ2v) is 11.2. The predicted octanol–water partition coefficient (Wildman–Crippen LogP) is 2.45. The molecule has 2 heterocycles. The van der Waals surface area contributed by atoms with Crippen molar-refractivity contribution in [1.29, 1.82) is 0 Å². The number of nitrogens with zero attached hydrogens (tertiary/aromatic N) is 1. The summed E-state index contributed by atoms with van der Waals surface area (Å²) in [5, 5.41) is 44.1. The third-order valence-corrected chi connectivity index (χ3v) is 9.49. The van der Waals surface area contributed by atoms with Gasteiger partial charge in [0.25, 0.3) is 0 Å². The average molecular weight is 456 g/mol. The minimum absolute atomic E-state index is 0.201. The highest BCUT2D eigenvalue weighted by atomic mass is 16.4. The lowest BCUT2D eigenvalue weighted by molar-refractivity contribution is -0.245. The van der Waals surface area contributed by atoms with Gasteiger partial charge in [-0.15, -0.1) is 0 Å². The Hall–Kier alpha value is -2.06. The lowest BCUT2D eigenvalue weighted by atomic mass is 9.39. The first kappa shape index (κ1) is 22.7. The monoisotopic (exact) mass is 455 g/mol. The molecule has 0 amide bonds. The molecule has 2 saturated carbocycles. The first-order chi connectivity index (χ1) is 15.6. The van der Waals surface area contributed by atoms with Crippen LogP contribution in [0.4, 0.5) is 0 Å². The maximum Gasteiger partial charge on any atom is 0.342 e. The summed E-state index contributed by atoms with van der Waals surface area (Å²) in [6.45, 7) is 5.75. The van der Waals surface area contributed by atoms with E-state index in [-0.39, 0.29) is 18.1 Å². The largest absolute Gasteiger partial charge is 0.422 e. The molecule has 3 aliphatic carbocycles. The van der Waals surface area contributed by atoms with E-state index < -0.39 is 46.1 Å². The van der Waals surface area contributed by atoms with Crippen molar-refractivity contribution in [2.24, 2.45) is 28.1 Å². The Bertz CT molecular complexity index is 1120. The normalized spacial score (nSPS) is 42.2. The minimum Gasteiger partial charge on any atom is -0.422 e. The van der Waals surface area contributed by atoms with E-state index in [4.69, 9.17) is 4.42 Å². The first-order valence-corrected chi connectivity index (χ1v) is 11.8. The molecule has 3 aliphatic rings. The van der Waals surface area contributed by atoms with E-state index in [1.54, 1.807) is 24.5 Å². The molecule has 0 spiro atoms. The Labute approximate surface area is 193 Å². The van der Waals surface area contributed by atoms with Crippen LogP contribution in [0.5, 0.6) is 0 Å². The van der Waals surface area contributed by atoms with Crippen LogP contribution in [0, 0.1) is 28.1 Å². The van der Waals surface area contributed by atoms with Crippen LogP contribution in [-0.2, 0) is 6.42 Å². The van der Waals surface area contributed by atoms with Gasteiger partial charge >= 0.3 is 5.63 Å². The van der Waals surface area contributed by atoms with E-state index in [9.17, 15) is 25.2 Å². The van der Waals surface area contributed by atoms with Crippen LogP contribution >= 0.6 is 0 Å². The molecular weight excluding hydrogens is 422 g/mol. The zero-order valence-corrected chi connectivity index (χ0v) is 19.4. The highest BCUT2D eigenvalue weighted by Gasteiger charge is 2.67. The third-order valence-electron chi connectivity index (χ3n) is 9.49.